The zero-order valence-corrected chi connectivity index (χ0v) is 16.5. The first-order chi connectivity index (χ1) is 12.5. The quantitative estimate of drug-likeness (QED) is 0.305. The van der Waals surface area contributed by atoms with Crippen molar-refractivity contribution in [3.8, 4) is 0 Å². The van der Waals surface area contributed by atoms with E-state index in [9.17, 15) is 14.7 Å². The largest absolute Gasteiger partial charge is 0.481 e. The summed E-state index contributed by atoms with van der Waals surface area (Å²) >= 11 is 0. The highest BCUT2D eigenvalue weighted by molar-refractivity contribution is 5.78. The maximum atomic E-state index is 12.1. The second-order valence-corrected chi connectivity index (χ2v) is 7.80. The third-order valence-corrected chi connectivity index (χ3v) is 5.62. The highest BCUT2D eigenvalue weighted by atomic mass is 16.4. The number of unbranched alkanes of at least 4 members (excludes halogenated alkanes) is 5. The summed E-state index contributed by atoms with van der Waals surface area (Å²) in [5.41, 5.74) is 0. The molecule has 0 aliphatic heterocycles. The number of hydrogen-bond acceptors (Lipinski definition) is 3. The number of aliphatic hydroxyl groups excluding tert-OH is 1. The molecule has 3 atom stereocenters. The summed E-state index contributed by atoms with van der Waals surface area (Å²) in [4.78, 5) is 22.6. The van der Waals surface area contributed by atoms with Gasteiger partial charge in [-0.3, -0.25) is 9.59 Å². The van der Waals surface area contributed by atoms with Gasteiger partial charge in [0.1, 0.15) is 5.78 Å². The van der Waals surface area contributed by atoms with Crippen molar-refractivity contribution in [2.75, 3.05) is 0 Å². The number of rotatable bonds is 15. The summed E-state index contributed by atoms with van der Waals surface area (Å²) in [6.45, 7) is 2.20. The molecular weight excluding hydrogens is 328 g/mol. The fourth-order valence-corrected chi connectivity index (χ4v) is 3.97. The number of allylic oxidation sites excluding steroid dienone is 2. The van der Waals surface area contributed by atoms with Gasteiger partial charge >= 0.3 is 5.97 Å². The molecule has 0 aromatic heterocycles. The minimum Gasteiger partial charge on any atom is -0.481 e. The SMILES string of the molecule is CCCCCCCC(=O)CC[C@H]1CC[C@H](O)[C@@H]1C/C=C\CCCC(=O)O. The van der Waals surface area contributed by atoms with Crippen molar-refractivity contribution in [3.63, 3.8) is 0 Å². The minimum atomic E-state index is -0.750. The van der Waals surface area contributed by atoms with Gasteiger partial charge in [0.15, 0.2) is 0 Å². The van der Waals surface area contributed by atoms with Crippen LogP contribution in [0, 0.1) is 11.8 Å². The number of aliphatic hydroxyl groups is 1. The molecule has 1 rings (SSSR count). The Labute approximate surface area is 159 Å². The molecule has 1 aliphatic carbocycles. The predicted molar refractivity (Wildman–Crippen MR) is 105 cm³/mol. The topological polar surface area (TPSA) is 74.6 Å². The third kappa shape index (κ3) is 10.1. The Kier molecular flexibility index (Phi) is 12.3. The summed E-state index contributed by atoms with van der Waals surface area (Å²) < 4.78 is 0. The fraction of sp³-hybridized carbons (Fsp3) is 0.818. The van der Waals surface area contributed by atoms with Gasteiger partial charge in [0.25, 0.3) is 0 Å². The van der Waals surface area contributed by atoms with Crippen molar-refractivity contribution < 1.29 is 19.8 Å². The summed E-state index contributed by atoms with van der Waals surface area (Å²) in [5, 5.41) is 18.9. The van der Waals surface area contributed by atoms with Crippen LogP contribution in [-0.2, 0) is 9.59 Å². The van der Waals surface area contributed by atoms with E-state index in [1.165, 1.54) is 19.3 Å². The highest BCUT2D eigenvalue weighted by Gasteiger charge is 2.33. The Morgan fingerprint density at radius 2 is 1.73 bits per heavy atom. The summed E-state index contributed by atoms with van der Waals surface area (Å²) in [6.07, 6.45) is 16.4. The van der Waals surface area contributed by atoms with Crippen LogP contribution in [-0.4, -0.2) is 28.1 Å². The molecule has 0 spiro atoms. The molecule has 0 radical (unpaired) electrons. The average molecular weight is 367 g/mol. The Morgan fingerprint density at radius 1 is 0.962 bits per heavy atom. The van der Waals surface area contributed by atoms with E-state index in [1.807, 2.05) is 6.08 Å². The molecule has 0 bridgehead atoms. The number of Topliss-reactive ketones (excluding diaryl/α,β-unsaturated/α-hetero) is 1. The van der Waals surface area contributed by atoms with Gasteiger partial charge in [0.2, 0.25) is 0 Å². The molecule has 0 aromatic carbocycles. The van der Waals surface area contributed by atoms with Gasteiger partial charge in [-0.15, -0.1) is 0 Å². The van der Waals surface area contributed by atoms with Gasteiger partial charge in [-0.05, 0) is 56.8 Å². The lowest BCUT2D eigenvalue weighted by Crippen LogP contribution is -2.19. The number of carboxylic acids is 1. The number of carboxylic acid groups (broad SMARTS) is 1. The maximum absolute atomic E-state index is 12.1. The van der Waals surface area contributed by atoms with E-state index in [-0.39, 0.29) is 18.4 Å². The lowest BCUT2D eigenvalue weighted by atomic mass is 9.87. The van der Waals surface area contributed by atoms with E-state index in [0.717, 1.165) is 44.9 Å². The molecule has 26 heavy (non-hydrogen) atoms. The first-order valence-electron chi connectivity index (χ1n) is 10.6. The minimum absolute atomic E-state index is 0.208. The van der Waals surface area contributed by atoms with Crippen LogP contribution < -0.4 is 0 Å². The van der Waals surface area contributed by atoms with Gasteiger partial charge in [-0.1, -0.05) is 44.8 Å². The van der Waals surface area contributed by atoms with Gasteiger partial charge in [0, 0.05) is 19.3 Å². The molecule has 0 saturated heterocycles. The van der Waals surface area contributed by atoms with Crippen LogP contribution in [0.3, 0.4) is 0 Å². The Hall–Kier alpha value is -1.16. The van der Waals surface area contributed by atoms with Gasteiger partial charge in [-0.2, -0.15) is 0 Å². The molecule has 1 saturated carbocycles. The first-order valence-corrected chi connectivity index (χ1v) is 10.6. The Morgan fingerprint density at radius 3 is 2.46 bits per heavy atom. The van der Waals surface area contributed by atoms with Crippen molar-refractivity contribution in [3.05, 3.63) is 12.2 Å². The molecule has 0 unspecified atom stereocenters. The van der Waals surface area contributed by atoms with E-state index in [4.69, 9.17) is 5.11 Å². The molecule has 2 N–H and O–H groups in total. The van der Waals surface area contributed by atoms with Crippen molar-refractivity contribution >= 4 is 11.8 Å². The predicted octanol–water partition coefficient (Wildman–Crippen LogP) is 5.28. The standard InChI is InChI=1S/C22H38O4/c1-2-3-4-5-8-11-19(23)16-14-18-15-17-21(24)20(18)12-9-6-7-10-13-22(25)26/h6,9,18,20-21,24H,2-5,7-8,10-17H2,1H3,(H,25,26)/b9-6-/t18-,20+,21-/m0/s1. The van der Waals surface area contributed by atoms with E-state index in [1.54, 1.807) is 0 Å². The molecule has 4 heteroatoms. The van der Waals surface area contributed by atoms with Crippen LogP contribution in [0.5, 0.6) is 0 Å². The van der Waals surface area contributed by atoms with Crippen molar-refractivity contribution in [2.45, 2.75) is 103 Å². The van der Waals surface area contributed by atoms with Crippen LogP contribution in [0.25, 0.3) is 0 Å². The molecule has 0 amide bonds. The maximum Gasteiger partial charge on any atom is 0.303 e. The second kappa shape index (κ2) is 14.0. The fourth-order valence-electron chi connectivity index (χ4n) is 3.97. The van der Waals surface area contributed by atoms with E-state index >= 15 is 0 Å². The van der Waals surface area contributed by atoms with Crippen LogP contribution in [0.15, 0.2) is 12.2 Å². The van der Waals surface area contributed by atoms with Gasteiger partial charge in [0.05, 0.1) is 6.10 Å². The van der Waals surface area contributed by atoms with E-state index < -0.39 is 5.97 Å². The molecular formula is C22H38O4. The second-order valence-electron chi connectivity index (χ2n) is 7.80. The van der Waals surface area contributed by atoms with Gasteiger partial charge in [-0.25, -0.2) is 0 Å². The zero-order valence-electron chi connectivity index (χ0n) is 16.5. The molecule has 4 nitrogen and oxygen atoms in total. The van der Waals surface area contributed by atoms with Crippen molar-refractivity contribution in [2.24, 2.45) is 11.8 Å². The van der Waals surface area contributed by atoms with E-state index in [2.05, 4.69) is 13.0 Å². The smallest absolute Gasteiger partial charge is 0.303 e. The lowest BCUT2D eigenvalue weighted by Gasteiger charge is -2.20. The number of hydrogen-bond donors (Lipinski definition) is 2. The summed E-state index contributed by atoms with van der Waals surface area (Å²) in [5.74, 6) is 0.325. The highest BCUT2D eigenvalue weighted by Crippen LogP contribution is 2.37. The molecule has 1 fully saturated rings. The zero-order chi connectivity index (χ0) is 19.2. The number of aliphatic carboxylic acids is 1. The van der Waals surface area contributed by atoms with E-state index in [0.29, 0.717) is 31.0 Å². The number of carbonyl (C=O) groups excluding carboxylic acids is 1. The number of ketones is 1. The number of carbonyl (C=O) groups is 2. The normalized spacial score (nSPS) is 22.9. The van der Waals surface area contributed by atoms with Crippen LogP contribution in [0.4, 0.5) is 0 Å². The van der Waals surface area contributed by atoms with Crippen LogP contribution in [0.1, 0.15) is 96.8 Å². The third-order valence-electron chi connectivity index (χ3n) is 5.62. The first kappa shape index (κ1) is 22.9. The van der Waals surface area contributed by atoms with Crippen molar-refractivity contribution in [1.29, 1.82) is 0 Å². The van der Waals surface area contributed by atoms with Crippen LogP contribution in [0.2, 0.25) is 0 Å². The monoisotopic (exact) mass is 366 g/mol. The summed E-state index contributed by atoms with van der Waals surface area (Å²) in [6, 6.07) is 0. The Balaban J connectivity index is 2.22. The average Bonchev–Trinajstić information content (AvgIpc) is 2.95. The lowest BCUT2D eigenvalue weighted by molar-refractivity contribution is -0.137. The van der Waals surface area contributed by atoms with Crippen molar-refractivity contribution in [1.82, 2.24) is 0 Å². The molecule has 0 heterocycles. The Bertz CT molecular complexity index is 430. The van der Waals surface area contributed by atoms with Gasteiger partial charge < -0.3 is 10.2 Å². The van der Waals surface area contributed by atoms with Crippen LogP contribution >= 0.6 is 0 Å². The molecule has 1 aliphatic rings. The summed E-state index contributed by atoms with van der Waals surface area (Å²) in [7, 11) is 0. The molecule has 150 valence electrons. The molecule has 0 aromatic rings.